The van der Waals surface area contributed by atoms with Crippen molar-refractivity contribution >= 4 is 23.4 Å². The summed E-state index contributed by atoms with van der Waals surface area (Å²) in [6.45, 7) is 12.4. The normalized spacial score (nSPS) is 15.3. The van der Waals surface area contributed by atoms with E-state index in [2.05, 4.69) is 32.6 Å². The number of allylic oxidation sites excluding steroid dienone is 1. The van der Waals surface area contributed by atoms with Crippen LogP contribution < -0.4 is 19.6 Å². The van der Waals surface area contributed by atoms with Gasteiger partial charge in [0.15, 0.2) is 4.80 Å². The molecule has 7 heteroatoms. The first kappa shape index (κ1) is 27.3. The molecule has 1 aliphatic rings. The van der Waals surface area contributed by atoms with Gasteiger partial charge in [0, 0.05) is 5.56 Å². The highest BCUT2D eigenvalue weighted by Gasteiger charge is 2.34. The number of para-hydroxylation sites is 1. The van der Waals surface area contributed by atoms with E-state index in [1.165, 1.54) is 16.9 Å². The predicted molar refractivity (Wildman–Crippen MR) is 152 cm³/mol. The van der Waals surface area contributed by atoms with Crippen molar-refractivity contribution in [3.63, 3.8) is 0 Å². The van der Waals surface area contributed by atoms with Crippen LogP contribution in [0.2, 0.25) is 0 Å². The van der Waals surface area contributed by atoms with Gasteiger partial charge in [-0.1, -0.05) is 93.6 Å². The van der Waals surface area contributed by atoms with Gasteiger partial charge in [0.05, 0.1) is 28.5 Å². The Labute approximate surface area is 227 Å². The Morgan fingerprint density at radius 3 is 2.55 bits per heavy atom. The van der Waals surface area contributed by atoms with Gasteiger partial charge in [-0.15, -0.1) is 0 Å². The van der Waals surface area contributed by atoms with E-state index in [0.29, 0.717) is 45.3 Å². The van der Waals surface area contributed by atoms with Crippen LogP contribution in [-0.4, -0.2) is 23.8 Å². The fourth-order valence-corrected chi connectivity index (χ4v) is 5.53. The van der Waals surface area contributed by atoms with Gasteiger partial charge in [0.25, 0.3) is 5.56 Å². The van der Waals surface area contributed by atoms with Gasteiger partial charge >= 0.3 is 5.97 Å². The van der Waals surface area contributed by atoms with E-state index in [1.54, 1.807) is 17.6 Å². The average Bonchev–Trinajstić information content (AvgIpc) is 3.22. The Kier molecular flexibility index (Phi) is 8.79. The number of carbonyl (C=O) groups is 1. The summed E-state index contributed by atoms with van der Waals surface area (Å²) in [7, 11) is 0. The zero-order valence-electron chi connectivity index (χ0n) is 22.4. The first-order valence-corrected chi connectivity index (χ1v) is 13.9. The summed E-state index contributed by atoms with van der Waals surface area (Å²) in [5.74, 6) is 0.596. The van der Waals surface area contributed by atoms with Crippen LogP contribution in [0.4, 0.5) is 0 Å². The summed E-state index contributed by atoms with van der Waals surface area (Å²) in [5.41, 5.74) is 3.72. The molecule has 0 bridgehead atoms. The number of thiazole rings is 1. The highest BCUT2D eigenvalue weighted by Crippen LogP contribution is 2.33. The number of nitrogens with zero attached hydrogens (tertiary/aromatic N) is 2. The third-order valence-electron chi connectivity index (χ3n) is 6.37. The van der Waals surface area contributed by atoms with Crippen LogP contribution >= 0.6 is 11.3 Å². The zero-order chi connectivity index (χ0) is 27.2. The van der Waals surface area contributed by atoms with Crippen LogP contribution in [-0.2, 0) is 9.53 Å². The lowest BCUT2D eigenvalue weighted by atomic mass is 9.92. The van der Waals surface area contributed by atoms with Crippen molar-refractivity contribution in [2.24, 2.45) is 4.99 Å². The molecule has 2 heterocycles. The minimum atomic E-state index is -0.623. The minimum Gasteiger partial charge on any atom is -0.489 e. The van der Waals surface area contributed by atoms with E-state index < -0.39 is 12.0 Å². The fourth-order valence-electron chi connectivity index (χ4n) is 4.52. The van der Waals surface area contributed by atoms with E-state index >= 15 is 0 Å². The first-order valence-electron chi connectivity index (χ1n) is 13.0. The number of benzene rings is 2. The summed E-state index contributed by atoms with van der Waals surface area (Å²) in [5, 5.41) is 0. The van der Waals surface area contributed by atoms with E-state index in [0.717, 1.165) is 17.5 Å². The SMILES string of the molecule is C=CCOc1ccccc1/C=c1/sc2n(c1=O)[C@H](c1ccc(C(C)C)cc1)C(C(=O)OCC)=C(CCC)N=2. The molecule has 0 saturated carbocycles. The van der Waals surface area contributed by atoms with Crippen LogP contribution in [0.15, 0.2) is 82.2 Å². The molecule has 1 aromatic heterocycles. The van der Waals surface area contributed by atoms with Gasteiger partial charge < -0.3 is 9.47 Å². The molecule has 0 amide bonds. The van der Waals surface area contributed by atoms with Crippen molar-refractivity contribution in [3.8, 4) is 5.75 Å². The van der Waals surface area contributed by atoms with Crippen molar-refractivity contribution in [1.82, 2.24) is 4.57 Å². The van der Waals surface area contributed by atoms with Gasteiger partial charge in [-0.2, -0.15) is 0 Å². The second kappa shape index (κ2) is 12.2. The predicted octanol–water partition coefficient (Wildman–Crippen LogP) is 5.27. The second-order valence-electron chi connectivity index (χ2n) is 9.37. The van der Waals surface area contributed by atoms with Crippen molar-refractivity contribution in [2.75, 3.05) is 13.2 Å². The number of esters is 1. The lowest BCUT2D eigenvalue weighted by Gasteiger charge is -2.26. The first-order chi connectivity index (χ1) is 18.4. The highest BCUT2D eigenvalue weighted by atomic mass is 32.1. The number of hydrogen-bond acceptors (Lipinski definition) is 6. The molecular formula is C31H34N2O4S. The van der Waals surface area contributed by atoms with Gasteiger partial charge in [0.2, 0.25) is 0 Å². The molecule has 0 saturated heterocycles. The summed E-state index contributed by atoms with van der Waals surface area (Å²) in [6.07, 6.45) is 4.93. The summed E-state index contributed by atoms with van der Waals surface area (Å²) in [4.78, 5) is 32.7. The second-order valence-corrected chi connectivity index (χ2v) is 10.4. The lowest BCUT2D eigenvalue weighted by molar-refractivity contribution is -0.139. The van der Waals surface area contributed by atoms with Crippen LogP contribution in [0.3, 0.4) is 0 Å². The number of rotatable bonds is 10. The average molecular weight is 531 g/mol. The number of fused-ring (bicyclic) bond motifs is 1. The van der Waals surface area contributed by atoms with E-state index in [1.807, 2.05) is 49.4 Å². The van der Waals surface area contributed by atoms with Gasteiger partial charge in [0.1, 0.15) is 12.4 Å². The third-order valence-corrected chi connectivity index (χ3v) is 7.36. The fraction of sp³-hybridized carbons (Fsp3) is 0.323. The lowest BCUT2D eigenvalue weighted by Crippen LogP contribution is -2.40. The molecule has 1 aliphatic heterocycles. The van der Waals surface area contributed by atoms with E-state index in [4.69, 9.17) is 14.5 Å². The molecule has 4 rings (SSSR count). The largest absolute Gasteiger partial charge is 0.489 e. The maximum atomic E-state index is 13.9. The Hall–Kier alpha value is -3.71. The van der Waals surface area contributed by atoms with Crippen molar-refractivity contribution in [1.29, 1.82) is 0 Å². The molecule has 38 heavy (non-hydrogen) atoms. The Balaban J connectivity index is 1.96. The Bertz CT molecular complexity index is 1530. The van der Waals surface area contributed by atoms with Crippen molar-refractivity contribution in [3.05, 3.63) is 109 Å². The maximum Gasteiger partial charge on any atom is 0.338 e. The Morgan fingerprint density at radius 2 is 1.89 bits per heavy atom. The third kappa shape index (κ3) is 5.58. The molecule has 0 spiro atoms. The zero-order valence-corrected chi connectivity index (χ0v) is 23.2. The topological polar surface area (TPSA) is 69.9 Å². The highest BCUT2D eigenvalue weighted by molar-refractivity contribution is 7.07. The smallest absolute Gasteiger partial charge is 0.338 e. The molecular weight excluding hydrogens is 496 g/mol. The number of carbonyl (C=O) groups excluding carboxylic acids is 1. The molecule has 0 radical (unpaired) electrons. The monoisotopic (exact) mass is 530 g/mol. The summed E-state index contributed by atoms with van der Waals surface area (Å²) < 4.78 is 13.4. The molecule has 0 fully saturated rings. The van der Waals surface area contributed by atoms with Crippen LogP contribution in [0, 0.1) is 0 Å². The molecule has 1 atom stereocenters. The number of aromatic nitrogens is 1. The molecule has 0 unspecified atom stereocenters. The molecule has 198 valence electrons. The van der Waals surface area contributed by atoms with Crippen molar-refractivity contribution < 1.29 is 14.3 Å². The van der Waals surface area contributed by atoms with E-state index in [-0.39, 0.29) is 12.2 Å². The van der Waals surface area contributed by atoms with Crippen LogP contribution in [0.5, 0.6) is 5.75 Å². The molecule has 0 aliphatic carbocycles. The molecule has 0 N–H and O–H groups in total. The van der Waals surface area contributed by atoms with E-state index in [9.17, 15) is 9.59 Å². The van der Waals surface area contributed by atoms with Gasteiger partial charge in [-0.05, 0) is 42.5 Å². The van der Waals surface area contributed by atoms with Gasteiger partial charge in [-0.25, -0.2) is 9.79 Å². The standard InChI is InChI=1S/C31H34N2O4S/c1-6-11-24-27(30(35)36-8-3)28(22-16-14-21(15-17-22)20(4)5)33-29(34)26(38-31(33)32-24)19-23-12-9-10-13-25(23)37-18-7-2/h7,9-10,12-17,19-20,28H,2,6,8,11,18H2,1,3-5H3/b26-19+/t28-/m1/s1. The minimum absolute atomic E-state index is 0.206. The van der Waals surface area contributed by atoms with Crippen molar-refractivity contribution in [2.45, 2.75) is 52.5 Å². The van der Waals surface area contributed by atoms with Crippen LogP contribution in [0.1, 0.15) is 69.2 Å². The quantitative estimate of drug-likeness (QED) is 0.265. The number of hydrogen-bond donors (Lipinski definition) is 0. The van der Waals surface area contributed by atoms with Gasteiger partial charge in [-0.3, -0.25) is 9.36 Å². The Morgan fingerprint density at radius 1 is 1.16 bits per heavy atom. The molecule has 3 aromatic rings. The maximum absolute atomic E-state index is 13.9. The molecule has 2 aromatic carbocycles. The molecule has 6 nitrogen and oxygen atoms in total. The summed E-state index contributed by atoms with van der Waals surface area (Å²) >= 11 is 1.32. The van der Waals surface area contributed by atoms with Crippen LogP contribution in [0.25, 0.3) is 6.08 Å². The summed E-state index contributed by atoms with van der Waals surface area (Å²) in [6, 6.07) is 15.1. The number of ether oxygens (including phenoxy) is 2.